The van der Waals surface area contributed by atoms with Crippen LogP contribution in [0.2, 0.25) is 0 Å². The normalized spacial score (nSPS) is 10.5. The molecule has 0 bridgehead atoms. The monoisotopic (exact) mass is 848 g/mol. The highest BCUT2D eigenvalue weighted by Gasteiger charge is 2.22. The topological polar surface area (TPSA) is 118 Å². The van der Waals surface area contributed by atoms with Gasteiger partial charge in [-0.15, -0.1) is 61.0 Å². The summed E-state index contributed by atoms with van der Waals surface area (Å²) in [5.74, 6) is 0.0409. The van der Waals surface area contributed by atoms with Gasteiger partial charge in [-0.25, -0.2) is 29.6 Å². The summed E-state index contributed by atoms with van der Waals surface area (Å²) < 4.78 is 31.1. The van der Waals surface area contributed by atoms with E-state index in [4.69, 9.17) is 9.97 Å². The van der Waals surface area contributed by atoms with E-state index in [1.54, 1.807) is 24.3 Å². The number of amides is 2. The lowest BCUT2D eigenvalue weighted by Gasteiger charge is -2.11. The Hall–Kier alpha value is -4.60. The molecule has 0 fully saturated rings. The first-order chi connectivity index (χ1) is 24.7. The number of imidazole rings is 2. The number of fused-ring (bicyclic) bond motifs is 2. The number of hydrazine groups is 2. The molecule has 7 aromatic rings. The van der Waals surface area contributed by atoms with Gasteiger partial charge < -0.3 is 9.13 Å². The van der Waals surface area contributed by atoms with Crippen LogP contribution in [-0.4, -0.2) is 30.9 Å². The van der Waals surface area contributed by atoms with Crippen molar-refractivity contribution in [3.8, 4) is 0 Å². The molecule has 2 amide bonds. The lowest BCUT2D eigenvalue weighted by atomic mass is 10.1. The highest BCUT2D eigenvalue weighted by atomic mass is 35.5. The summed E-state index contributed by atoms with van der Waals surface area (Å²) in [4.78, 5) is 36.9. The fourth-order valence-corrected chi connectivity index (χ4v) is 7.07. The van der Waals surface area contributed by atoms with Crippen LogP contribution >= 0.6 is 61.0 Å². The Labute approximate surface area is 344 Å². The first-order valence-electron chi connectivity index (χ1n) is 16.3. The molecule has 10 nitrogen and oxygen atoms in total. The van der Waals surface area contributed by atoms with Gasteiger partial charge in [-0.05, 0) is 84.6 Å². The minimum absolute atomic E-state index is 0. The van der Waals surface area contributed by atoms with Gasteiger partial charge in [0.15, 0.2) is 0 Å². The van der Waals surface area contributed by atoms with Crippen molar-refractivity contribution in [1.82, 2.24) is 40.8 Å². The summed E-state index contributed by atoms with van der Waals surface area (Å²) in [7, 11) is 0. The highest BCUT2D eigenvalue weighted by Crippen LogP contribution is 2.27. The number of nitrogens with zero attached hydrogens (tertiary/aromatic N) is 4. The molecular formula is C38H38Cl4F2N8O2S. The molecule has 3 heterocycles. The molecule has 7 rings (SSSR count). The zero-order valence-electron chi connectivity index (χ0n) is 29.5. The maximum Gasteiger partial charge on any atom is 0.275 e. The SMILES string of the molecule is Cc1c(C(=O)NNCc2nc3ccccc3n2Cc2ccc(F)cc2)sc(C(=O)NNCc2nc3ccccc3n2Cc2ccc(F)cc2)c1C.Cl.Cl.Cl.Cl. The third kappa shape index (κ3) is 9.99. The van der Waals surface area contributed by atoms with Crippen molar-refractivity contribution in [3.63, 3.8) is 0 Å². The van der Waals surface area contributed by atoms with Crippen LogP contribution < -0.4 is 21.7 Å². The molecule has 4 N–H and O–H groups in total. The van der Waals surface area contributed by atoms with Gasteiger partial charge in [0.25, 0.3) is 11.8 Å². The van der Waals surface area contributed by atoms with Crippen LogP contribution in [0.5, 0.6) is 0 Å². The van der Waals surface area contributed by atoms with Gasteiger partial charge in [0.2, 0.25) is 0 Å². The number of para-hydroxylation sites is 4. The molecule has 55 heavy (non-hydrogen) atoms. The number of hydrogen-bond acceptors (Lipinski definition) is 7. The number of rotatable bonds is 12. The summed E-state index contributed by atoms with van der Waals surface area (Å²) in [6, 6.07) is 28.1. The van der Waals surface area contributed by atoms with Gasteiger partial charge in [-0.2, -0.15) is 0 Å². The number of nitrogens with one attached hydrogen (secondary N) is 4. The van der Waals surface area contributed by atoms with Crippen molar-refractivity contribution in [2.45, 2.75) is 40.0 Å². The fourth-order valence-electron chi connectivity index (χ4n) is 5.97. The van der Waals surface area contributed by atoms with Gasteiger partial charge in [-0.3, -0.25) is 20.4 Å². The first kappa shape index (κ1) is 44.8. The standard InChI is InChI=1S/C38H34F2N8O2S.4ClH/c1-23-24(2)36(38(50)46-42-20-34-44-30-8-4-6-10-32(30)48(34)22-26-13-17-28(40)18-14-26)51-35(23)37(49)45-41-19-33-43-29-7-3-5-9-31(29)47(33)21-25-11-15-27(39)16-12-25;;;;/h3-18,41-42H,19-22H2,1-2H3,(H,45,49)(H,46,50);4*1H. The predicted octanol–water partition coefficient (Wildman–Crippen LogP) is 8.00. The second kappa shape index (κ2) is 19.8. The smallest absolute Gasteiger partial charge is 0.275 e. The Balaban J connectivity index is 0.00000203. The molecule has 0 saturated carbocycles. The van der Waals surface area contributed by atoms with Crippen molar-refractivity contribution < 1.29 is 18.4 Å². The summed E-state index contributed by atoms with van der Waals surface area (Å²) in [5, 5.41) is 0. The van der Waals surface area contributed by atoms with E-state index >= 15 is 0 Å². The molecule has 0 unspecified atom stereocenters. The average Bonchev–Trinajstić information content (AvgIpc) is 3.77. The zero-order valence-corrected chi connectivity index (χ0v) is 33.6. The highest BCUT2D eigenvalue weighted by molar-refractivity contribution is 7.16. The van der Waals surface area contributed by atoms with Gasteiger partial charge in [0.1, 0.15) is 23.3 Å². The summed E-state index contributed by atoms with van der Waals surface area (Å²) in [6.45, 7) is 5.04. The van der Waals surface area contributed by atoms with Gasteiger partial charge in [-0.1, -0.05) is 48.5 Å². The third-order valence-electron chi connectivity index (χ3n) is 8.73. The molecule has 0 aliphatic heterocycles. The van der Waals surface area contributed by atoms with Crippen LogP contribution in [0.25, 0.3) is 22.1 Å². The van der Waals surface area contributed by atoms with E-state index in [1.807, 2.05) is 71.5 Å². The number of halogens is 6. The number of carbonyl (C=O) groups is 2. The molecule has 0 aliphatic carbocycles. The van der Waals surface area contributed by atoms with Crippen LogP contribution in [0.3, 0.4) is 0 Å². The van der Waals surface area contributed by atoms with Gasteiger partial charge >= 0.3 is 0 Å². The fraction of sp³-hybridized carbons (Fsp3) is 0.158. The Kier molecular flexibility index (Phi) is 16.1. The van der Waals surface area contributed by atoms with Crippen LogP contribution in [-0.2, 0) is 26.2 Å². The number of hydrogen-bond donors (Lipinski definition) is 4. The minimum atomic E-state index is -0.372. The molecule has 3 aromatic heterocycles. The van der Waals surface area contributed by atoms with Crippen LogP contribution in [0.4, 0.5) is 8.78 Å². The van der Waals surface area contributed by atoms with E-state index in [9.17, 15) is 18.4 Å². The molecular weight excluding hydrogens is 812 g/mol. The second-order valence-corrected chi connectivity index (χ2v) is 13.1. The summed E-state index contributed by atoms with van der Waals surface area (Å²) in [5.41, 5.74) is 18.2. The minimum Gasteiger partial charge on any atom is -0.322 e. The van der Waals surface area contributed by atoms with Gasteiger partial charge in [0, 0.05) is 13.1 Å². The molecule has 4 aromatic carbocycles. The van der Waals surface area contributed by atoms with E-state index in [2.05, 4.69) is 21.7 Å². The van der Waals surface area contributed by atoms with Gasteiger partial charge in [0.05, 0.1) is 44.9 Å². The van der Waals surface area contributed by atoms with Crippen LogP contribution in [0, 0.1) is 25.5 Å². The van der Waals surface area contributed by atoms with Crippen molar-refractivity contribution in [1.29, 1.82) is 0 Å². The van der Waals surface area contributed by atoms with E-state index < -0.39 is 0 Å². The third-order valence-corrected chi connectivity index (χ3v) is 10.1. The van der Waals surface area contributed by atoms with Crippen LogP contribution in [0.1, 0.15) is 53.2 Å². The Bertz CT molecular complexity index is 2220. The lowest BCUT2D eigenvalue weighted by Crippen LogP contribution is -2.37. The number of thiophene rings is 1. The molecule has 0 spiro atoms. The second-order valence-electron chi connectivity index (χ2n) is 12.1. The summed E-state index contributed by atoms with van der Waals surface area (Å²) >= 11 is 1.11. The number of aromatic nitrogens is 4. The zero-order chi connectivity index (χ0) is 35.5. The molecule has 0 aliphatic rings. The Morgan fingerprint density at radius 1 is 0.582 bits per heavy atom. The largest absolute Gasteiger partial charge is 0.322 e. The molecule has 0 atom stereocenters. The van der Waals surface area contributed by atoms with Crippen molar-refractivity contribution >= 4 is 94.8 Å². The van der Waals surface area contributed by atoms with E-state index in [-0.39, 0.29) is 86.2 Å². The molecule has 290 valence electrons. The molecule has 17 heteroatoms. The Morgan fingerprint density at radius 2 is 0.945 bits per heavy atom. The summed E-state index contributed by atoms with van der Waals surface area (Å²) in [6.07, 6.45) is 0. The maximum atomic E-state index is 13.5. The quantitative estimate of drug-likeness (QED) is 0.0927. The van der Waals surface area contributed by atoms with E-state index in [0.29, 0.717) is 45.6 Å². The maximum absolute atomic E-state index is 13.5. The predicted molar refractivity (Wildman–Crippen MR) is 222 cm³/mol. The lowest BCUT2D eigenvalue weighted by molar-refractivity contribution is 0.0928. The van der Waals surface area contributed by atoms with E-state index in [0.717, 1.165) is 44.5 Å². The molecule has 0 saturated heterocycles. The van der Waals surface area contributed by atoms with E-state index in [1.165, 1.54) is 24.3 Å². The molecule has 0 radical (unpaired) electrons. The first-order valence-corrected chi connectivity index (χ1v) is 17.1. The van der Waals surface area contributed by atoms with Crippen molar-refractivity contribution in [2.75, 3.05) is 0 Å². The van der Waals surface area contributed by atoms with Crippen molar-refractivity contribution in [3.05, 3.63) is 152 Å². The number of carbonyl (C=O) groups excluding carboxylic acids is 2. The van der Waals surface area contributed by atoms with Crippen LogP contribution in [0.15, 0.2) is 97.1 Å². The van der Waals surface area contributed by atoms with Crippen molar-refractivity contribution in [2.24, 2.45) is 0 Å². The Morgan fingerprint density at radius 3 is 1.33 bits per heavy atom. The number of benzene rings is 4. The average molecular weight is 851 g/mol.